The van der Waals surface area contributed by atoms with E-state index in [0.29, 0.717) is 6.61 Å². The van der Waals surface area contributed by atoms with Gasteiger partial charge in [-0.25, -0.2) is 0 Å². The minimum atomic E-state index is 0.0685. The summed E-state index contributed by atoms with van der Waals surface area (Å²) in [6.45, 7) is 2.48. The Morgan fingerprint density at radius 2 is 2.00 bits per heavy atom. The largest absolute Gasteiger partial charge is 0.494 e. The van der Waals surface area contributed by atoms with Crippen molar-refractivity contribution >= 4 is 22.0 Å². The number of amides is 1. The lowest BCUT2D eigenvalue weighted by Gasteiger charge is -2.30. The maximum atomic E-state index is 12.8. The number of anilines is 1. The molecule has 0 unspecified atom stereocenters. The molecule has 5 heteroatoms. The number of aryl methyl sites for hydroxylation is 1. The first-order chi connectivity index (χ1) is 12.6. The van der Waals surface area contributed by atoms with Crippen LogP contribution in [-0.2, 0) is 6.42 Å². The Kier molecular flexibility index (Phi) is 6.47. The van der Waals surface area contributed by atoms with E-state index in [1.165, 1.54) is 5.56 Å². The normalized spacial score (nSPS) is 13.6. The Hall–Kier alpha value is -2.11. The SMILES string of the molecule is CN([Si])CCCCOc1ccc2c(c1)CCCN2C(=O)c1ccccc1. The number of unbranched alkanes of at least 4 members (excludes halogenated alkanes) is 1. The van der Waals surface area contributed by atoms with E-state index in [1.54, 1.807) is 0 Å². The molecule has 135 valence electrons. The van der Waals surface area contributed by atoms with E-state index in [2.05, 4.69) is 16.5 Å². The van der Waals surface area contributed by atoms with E-state index in [9.17, 15) is 4.79 Å². The van der Waals surface area contributed by atoms with Crippen LogP contribution in [0.5, 0.6) is 5.75 Å². The van der Waals surface area contributed by atoms with Crippen LogP contribution in [0.25, 0.3) is 0 Å². The summed E-state index contributed by atoms with van der Waals surface area (Å²) >= 11 is 0. The lowest BCUT2D eigenvalue weighted by Crippen LogP contribution is -2.35. The second kappa shape index (κ2) is 9.01. The molecule has 1 heterocycles. The average molecular weight is 366 g/mol. The number of benzene rings is 2. The molecule has 0 aliphatic carbocycles. The van der Waals surface area contributed by atoms with Crippen LogP contribution in [0.15, 0.2) is 48.5 Å². The maximum Gasteiger partial charge on any atom is 0.258 e. The molecule has 0 bridgehead atoms. The maximum absolute atomic E-state index is 12.8. The van der Waals surface area contributed by atoms with Crippen molar-refractivity contribution in [3.8, 4) is 5.75 Å². The third-order valence-corrected chi connectivity index (χ3v) is 4.82. The lowest BCUT2D eigenvalue weighted by atomic mass is 10.0. The van der Waals surface area contributed by atoms with Gasteiger partial charge in [0.15, 0.2) is 0 Å². The highest BCUT2D eigenvalue weighted by atomic mass is 28.2. The van der Waals surface area contributed by atoms with Crippen LogP contribution < -0.4 is 9.64 Å². The standard InChI is InChI=1S/C21H25N2O2Si/c1-22(26)13-5-6-15-25-19-11-12-20-18(16-19)10-7-14-23(20)21(24)17-8-3-2-4-9-17/h2-4,8-9,11-12,16H,5-7,10,13-15H2,1H3. The van der Waals surface area contributed by atoms with Crippen molar-refractivity contribution in [3.63, 3.8) is 0 Å². The number of fused-ring (bicyclic) bond motifs is 1. The van der Waals surface area contributed by atoms with Gasteiger partial charge in [-0.3, -0.25) is 4.79 Å². The van der Waals surface area contributed by atoms with E-state index >= 15 is 0 Å². The van der Waals surface area contributed by atoms with E-state index in [4.69, 9.17) is 4.74 Å². The van der Waals surface area contributed by atoms with Crippen LogP contribution in [0.2, 0.25) is 0 Å². The smallest absolute Gasteiger partial charge is 0.258 e. The van der Waals surface area contributed by atoms with Gasteiger partial charge >= 0.3 is 0 Å². The zero-order valence-electron chi connectivity index (χ0n) is 15.3. The number of carbonyl (C=O) groups is 1. The molecule has 0 atom stereocenters. The van der Waals surface area contributed by atoms with Gasteiger partial charge in [0.1, 0.15) is 16.2 Å². The molecule has 2 aromatic rings. The zero-order chi connectivity index (χ0) is 18.4. The van der Waals surface area contributed by atoms with Crippen molar-refractivity contribution in [3.05, 3.63) is 59.7 Å². The number of carbonyl (C=O) groups excluding carboxylic acids is 1. The Bertz CT molecular complexity index is 734. The van der Waals surface area contributed by atoms with Crippen molar-refractivity contribution in [2.75, 3.05) is 31.6 Å². The van der Waals surface area contributed by atoms with E-state index < -0.39 is 0 Å². The van der Waals surface area contributed by atoms with Crippen LogP contribution in [0.4, 0.5) is 5.69 Å². The Labute approximate surface area is 159 Å². The molecule has 1 amide bonds. The molecule has 0 saturated carbocycles. The summed E-state index contributed by atoms with van der Waals surface area (Å²) in [5.41, 5.74) is 2.94. The first kappa shape index (κ1) is 18.7. The molecule has 0 spiro atoms. The number of nitrogens with zero attached hydrogens (tertiary/aromatic N) is 2. The summed E-state index contributed by atoms with van der Waals surface area (Å²) in [4.78, 5) is 14.7. The predicted octanol–water partition coefficient (Wildman–Crippen LogP) is 3.45. The number of rotatable bonds is 7. The third kappa shape index (κ3) is 4.74. The van der Waals surface area contributed by atoms with Crippen LogP contribution in [0.1, 0.15) is 35.2 Å². The second-order valence-corrected chi connectivity index (χ2v) is 7.46. The average Bonchev–Trinajstić information content (AvgIpc) is 2.67. The highest BCUT2D eigenvalue weighted by molar-refractivity contribution is 6.06. The van der Waals surface area contributed by atoms with Gasteiger partial charge in [-0.1, -0.05) is 18.2 Å². The first-order valence-electron chi connectivity index (χ1n) is 9.20. The zero-order valence-corrected chi connectivity index (χ0v) is 16.3. The van der Waals surface area contributed by atoms with Crippen LogP contribution in [0, 0.1) is 0 Å². The molecule has 0 saturated heterocycles. The molecular formula is C21H25N2O2Si. The molecule has 0 aromatic heterocycles. The molecule has 26 heavy (non-hydrogen) atoms. The van der Waals surface area contributed by atoms with Gasteiger partial charge < -0.3 is 14.2 Å². The van der Waals surface area contributed by atoms with Gasteiger partial charge in [-0.05, 0) is 75.2 Å². The molecule has 3 radical (unpaired) electrons. The van der Waals surface area contributed by atoms with Crippen molar-refractivity contribution < 1.29 is 9.53 Å². The molecule has 3 rings (SSSR count). The number of hydrogen-bond donors (Lipinski definition) is 0. The van der Waals surface area contributed by atoms with Gasteiger partial charge in [0, 0.05) is 17.8 Å². The predicted molar refractivity (Wildman–Crippen MR) is 106 cm³/mol. The first-order valence-corrected chi connectivity index (χ1v) is 9.65. The fraction of sp³-hybridized carbons (Fsp3) is 0.381. The molecule has 1 aliphatic rings. The van der Waals surface area contributed by atoms with Gasteiger partial charge in [0.25, 0.3) is 5.91 Å². The van der Waals surface area contributed by atoms with Crippen molar-refractivity contribution in [1.29, 1.82) is 0 Å². The monoisotopic (exact) mass is 365 g/mol. The second-order valence-electron chi connectivity index (χ2n) is 6.69. The Morgan fingerprint density at radius 3 is 2.77 bits per heavy atom. The van der Waals surface area contributed by atoms with Gasteiger partial charge in [0.05, 0.1) is 6.61 Å². The van der Waals surface area contributed by atoms with E-state index in [0.717, 1.165) is 55.8 Å². The van der Waals surface area contributed by atoms with E-state index in [-0.39, 0.29) is 5.91 Å². The summed E-state index contributed by atoms with van der Waals surface area (Å²) in [6, 6.07) is 15.6. The molecular weight excluding hydrogens is 340 g/mol. The number of hydrogen-bond acceptors (Lipinski definition) is 3. The molecule has 1 aliphatic heterocycles. The van der Waals surface area contributed by atoms with Crippen LogP contribution >= 0.6 is 0 Å². The summed E-state index contributed by atoms with van der Waals surface area (Å²) < 4.78 is 7.89. The number of ether oxygens (including phenoxy) is 1. The molecule has 2 aromatic carbocycles. The summed E-state index contributed by atoms with van der Waals surface area (Å²) in [5, 5.41) is 0. The summed E-state index contributed by atoms with van der Waals surface area (Å²) in [7, 11) is 5.46. The summed E-state index contributed by atoms with van der Waals surface area (Å²) in [6.07, 6.45) is 4.07. The lowest BCUT2D eigenvalue weighted by molar-refractivity contribution is 0.0985. The Morgan fingerprint density at radius 1 is 1.19 bits per heavy atom. The van der Waals surface area contributed by atoms with Crippen molar-refractivity contribution in [2.45, 2.75) is 25.7 Å². The highest BCUT2D eigenvalue weighted by Gasteiger charge is 2.23. The third-order valence-electron chi connectivity index (χ3n) is 4.59. The Balaban J connectivity index is 1.65. The fourth-order valence-electron chi connectivity index (χ4n) is 3.25. The fourth-order valence-corrected chi connectivity index (χ4v) is 3.41. The van der Waals surface area contributed by atoms with Gasteiger partial charge in [-0.15, -0.1) is 0 Å². The minimum absolute atomic E-state index is 0.0685. The highest BCUT2D eigenvalue weighted by Crippen LogP contribution is 2.31. The molecule has 0 fully saturated rings. The quantitative estimate of drug-likeness (QED) is 0.556. The topological polar surface area (TPSA) is 32.8 Å². The van der Waals surface area contributed by atoms with Crippen LogP contribution in [-0.4, -0.2) is 47.6 Å². The van der Waals surface area contributed by atoms with Crippen LogP contribution in [0.3, 0.4) is 0 Å². The molecule has 4 nitrogen and oxygen atoms in total. The van der Waals surface area contributed by atoms with Crippen molar-refractivity contribution in [2.24, 2.45) is 0 Å². The van der Waals surface area contributed by atoms with Gasteiger partial charge in [0.2, 0.25) is 0 Å². The molecule has 0 N–H and O–H groups in total. The minimum Gasteiger partial charge on any atom is -0.494 e. The van der Waals surface area contributed by atoms with E-state index in [1.807, 2.05) is 59.0 Å². The summed E-state index contributed by atoms with van der Waals surface area (Å²) in [5.74, 6) is 0.962. The van der Waals surface area contributed by atoms with Gasteiger partial charge in [-0.2, -0.15) is 0 Å². The van der Waals surface area contributed by atoms with Crippen molar-refractivity contribution in [1.82, 2.24) is 4.57 Å².